The van der Waals surface area contributed by atoms with E-state index in [0.717, 1.165) is 5.56 Å². The van der Waals surface area contributed by atoms with Crippen molar-refractivity contribution in [2.24, 2.45) is 5.92 Å². The molecule has 4 heteroatoms. The number of hydrogen-bond acceptors (Lipinski definition) is 3. The van der Waals surface area contributed by atoms with Gasteiger partial charge in [-0.2, -0.15) is 0 Å². The highest BCUT2D eigenvalue weighted by molar-refractivity contribution is 5.85. The lowest BCUT2D eigenvalue weighted by molar-refractivity contribution is -0.121. The zero-order chi connectivity index (χ0) is 15.1. The Labute approximate surface area is 120 Å². The molecular formula is C16H23NO3. The Morgan fingerprint density at radius 1 is 1.20 bits per heavy atom. The van der Waals surface area contributed by atoms with Crippen molar-refractivity contribution in [3.05, 3.63) is 35.9 Å². The molecule has 0 unspecified atom stereocenters. The Morgan fingerprint density at radius 3 is 2.30 bits per heavy atom. The third kappa shape index (κ3) is 5.03. The van der Waals surface area contributed by atoms with Crippen molar-refractivity contribution in [3.63, 3.8) is 0 Å². The van der Waals surface area contributed by atoms with Crippen LogP contribution in [0, 0.1) is 5.92 Å². The minimum atomic E-state index is -0.463. The highest BCUT2D eigenvalue weighted by Gasteiger charge is 2.25. The number of rotatable bonds is 6. The smallest absolute Gasteiger partial charge is 0.410 e. The van der Waals surface area contributed by atoms with Crippen LogP contribution in [0.5, 0.6) is 0 Å². The van der Waals surface area contributed by atoms with Crippen molar-refractivity contribution in [3.8, 4) is 0 Å². The van der Waals surface area contributed by atoms with Crippen LogP contribution in [0.1, 0.15) is 32.8 Å². The fourth-order valence-corrected chi connectivity index (χ4v) is 1.99. The van der Waals surface area contributed by atoms with E-state index in [-0.39, 0.29) is 12.4 Å². The van der Waals surface area contributed by atoms with Crippen LogP contribution in [-0.4, -0.2) is 29.9 Å². The van der Waals surface area contributed by atoms with Gasteiger partial charge >= 0.3 is 6.09 Å². The molecule has 1 atom stereocenters. The largest absolute Gasteiger partial charge is 0.445 e. The second-order valence-corrected chi connectivity index (χ2v) is 5.41. The predicted octanol–water partition coefficient (Wildman–Crippen LogP) is 3.26. The predicted molar refractivity (Wildman–Crippen MR) is 78.3 cm³/mol. The van der Waals surface area contributed by atoms with Gasteiger partial charge in [0, 0.05) is 7.05 Å². The monoisotopic (exact) mass is 277 g/mol. The highest BCUT2D eigenvalue weighted by Crippen LogP contribution is 2.13. The standard InChI is InChI=1S/C16H23NO3/c1-12(2)10-15(13(3)18)17(4)16(19)20-11-14-8-6-5-7-9-14/h5-9,12,15H,10-11H2,1-4H3/t15-/m0/s1. The molecule has 20 heavy (non-hydrogen) atoms. The molecule has 0 aromatic heterocycles. The van der Waals surface area contributed by atoms with Gasteiger partial charge in [0.2, 0.25) is 0 Å². The molecule has 0 aliphatic carbocycles. The quantitative estimate of drug-likeness (QED) is 0.801. The summed E-state index contributed by atoms with van der Waals surface area (Å²) >= 11 is 0. The molecule has 110 valence electrons. The molecular weight excluding hydrogens is 254 g/mol. The molecule has 1 aromatic rings. The maximum absolute atomic E-state index is 12.0. The SMILES string of the molecule is CC(=O)[C@H](CC(C)C)N(C)C(=O)OCc1ccccc1. The summed E-state index contributed by atoms with van der Waals surface area (Å²) in [5, 5.41) is 0. The van der Waals surface area contributed by atoms with Crippen molar-refractivity contribution >= 4 is 11.9 Å². The van der Waals surface area contributed by atoms with Gasteiger partial charge in [-0.1, -0.05) is 44.2 Å². The molecule has 0 spiro atoms. The number of ketones is 1. The second kappa shape index (κ2) is 7.68. The van der Waals surface area contributed by atoms with Crippen molar-refractivity contribution in [1.29, 1.82) is 0 Å². The Balaban J connectivity index is 2.58. The number of Topliss-reactive ketones (excluding diaryl/α,β-unsaturated/α-hetero) is 1. The minimum Gasteiger partial charge on any atom is -0.445 e. The molecule has 0 N–H and O–H groups in total. The van der Waals surface area contributed by atoms with Crippen LogP contribution < -0.4 is 0 Å². The molecule has 0 bridgehead atoms. The minimum absolute atomic E-state index is 0.0159. The first-order valence-electron chi connectivity index (χ1n) is 6.85. The van der Waals surface area contributed by atoms with Gasteiger partial charge in [0.1, 0.15) is 6.61 Å². The van der Waals surface area contributed by atoms with E-state index in [1.165, 1.54) is 11.8 Å². The number of amides is 1. The molecule has 0 saturated carbocycles. The molecule has 0 radical (unpaired) electrons. The van der Waals surface area contributed by atoms with E-state index >= 15 is 0 Å². The van der Waals surface area contributed by atoms with Gasteiger partial charge in [-0.25, -0.2) is 4.79 Å². The van der Waals surface area contributed by atoms with Crippen LogP contribution in [-0.2, 0) is 16.1 Å². The second-order valence-electron chi connectivity index (χ2n) is 5.41. The molecule has 4 nitrogen and oxygen atoms in total. The average Bonchev–Trinajstić information content (AvgIpc) is 2.42. The molecule has 1 rings (SSSR count). The summed E-state index contributed by atoms with van der Waals surface area (Å²) in [6.45, 7) is 5.78. The van der Waals surface area contributed by atoms with Crippen LogP contribution in [0.2, 0.25) is 0 Å². The Hall–Kier alpha value is -1.84. The van der Waals surface area contributed by atoms with Crippen molar-refractivity contribution in [2.45, 2.75) is 39.8 Å². The number of likely N-dealkylation sites (N-methyl/N-ethyl adjacent to an activating group) is 1. The molecule has 0 aliphatic rings. The first-order valence-corrected chi connectivity index (χ1v) is 6.85. The summed E-state index contributed by atoms with van der Waals surface area (Å²) in [4.78, 5) is 25.0. The van der Waals surface area contributed by atoms with E-state index < -0.39 is 12.1 Å². The number of benzene rings is 1. The van der Waals surface area contributed by atoms with Gasteiger partial charge in [-0.3, -0.25) is 4.79 Å². The van der Waals surface area contributed by atoms with Crippen molar-refractivity contribution < 1.29 is 14.3 Å². The summed E-state index contributed by atoms with van der Waals surface area (Å²) in [5.74, 6) is 0.325. The molecule has 0 saturated heterocycles. The van der Waals surface area contributed by atoms with E-state index in [1.54, 1.807) is 7.05 Å². The van der Waals surface area contributed by atoms with Crippen LogP contribution in [0.15, 0.2) is 30.3 Å². The molecule has 1 aromatic carbocycles. The van der Waals surface area contributed by atoms with Gasteiger partial charge in [0.15, 0.2) is 5.78 Å². The zero-order valence-corrected chi connectivity index (χ0v) is 12.6. The fraction of sp³-hybridized carbons (Fsp3) is 0.500. The summed E-state index contributed by atoms with van der Waals surface area (Å²) in [5.41, 5.74) is 0.928. The average molecular weight is 277 g/mol. The van der Waals surface area contributed by atoms with Gasteiger partial charge in [-0.15, -0.1) is 0 Å². The maximum atomic E-state index is 12.0. The van der Waals surface area contributed by atoms with Crippen LogP contribution in [0.4, 0.5) is 4.79 Å². The van der Waals surface area contributed by atoms with Crippen LogP contribution in [0.3, 0.4) is 0 Å². The number of hydrogen-bond donors (Lipinski definition) is 0. The third-order valence-corrected chi connectivity index (χ3v) is 3.12. The van der Waals surface area contributed by atoms with Crippen LogP contribution >= 0.6 is 0 Å². The lowest BCUT2D eigenvalue weighted by Crippen LogP contribution is -2.42. The number of carbonyl (C=O) groups is 2. The van der Waals surface area contributed by atoms with E-state index in [9.17, 15) is 9.59 Å². The normalized spacial score (nSPS) is 12.1. The van der Waals surface area contributed by atoms with Crippen LogP contribution in [0.25, 0.3) is 0 Å². The zero-order valence-electron chi connectivity index (χ0n) is 12.6. The van der Waals surface area contributed by atoms with E-state index in [0.29, 0.717) is 12.3 Å². The van der Waals surface area contributed by atoms with Crippen molar-refractivity contribution in [1.82, 2.24) is 4.90 Å². The topological polar surface area (TPSA) is 46.6 Å². The first-order chi connectivity index (χ1) is 9.41. The van der Waals surface area contributed by atoms with Gasteiger partial charge in [0.05, 0.1) is 6.04 Å². The number of ether oxygens (including phenoxy) is 1. The van der Waals surface area contributed by atoms with E-state index in [1.807, 2.05) is 44.2 Å². The molecule has 0 aliphatic heterocycles. The Morgan fingerprint density at radius 2 is 1.80 bits per heavy atom. The molecule has 0 heterocycles. The van der Waals surface area contributed by atoms with E-state index in [2.05, 4.69) is 0 Å². The van der Waals surface area contributed by atoms with Gasteiger partial charge in [0.25, 0.3) is 0 Å². The molecule has 0 fully saturated rings. The Bertz CT molecular complexity index is 442. The Kier molecular flexibility index (Phi) is 6.22. The lowest BCUT2D eigenvalue weighted by Gasteiger charge is -2.26. The lowest BCUT2D eigenvalue weighted by atomic mass is 10.0. The highest BCUT2D eigenvalue weighted by atomic mass is 16.6. The molecule has 1 amide bonds. The third-order valence-electron chi connectivity index (χ3n) is 3.12. The summed E-state index contributed by atoms with van der Waals surface area (Å²) in [7, 11) is 1.61. The fourth-order valence-electron chi connectivity index (χ4n) is 1.99. The van der Waals surface area contributed by atoms with Gasteiger partial charge in [-0.05, 0) is 24.8 Å². The van der Waals surface area contributed by atoms with Crippen molar-refractivity contribution in [2.75, 3.05) is 7.05 Å². The number of nitrogens with zero attached hydrogens (tertiary/aromatic N) is 1. The summed E-state index contributed by atoms with van der Waals surface area (Å²) < 4.78 is 5.24. The number of carbonyl (C=O) groups excluding carboxylic acids is 2. The van der Waals surface area contributed by atoms with Gasteiger partial charge < -0.3 is 9.64 Å². The first kappa shape index (κ1) is 16.2. The summed E-state index contributed by atoms with van der Waals surface area (Å²) in [6.07, 6.45) is 0.182. The maximum Gasteiger partial charge on any atom is 0.410 e. The van der Waals surface area contributed by atoms with E-state index in [4.69, 9.17) is 4.74 Å². The summed E-state index contributed by atoms with van der Waals surface area (Å²) in [6, 6.07) is 9.06.